The molecule has 1 amide bonds. The molecule has 0 saturated carbocycles. The summed E-state index contributed by atoms with van der Waals surface area (Å²) >= 11 is 2.90. The van der Waals surface area contributed by atoms with E-state index in [1.165, 1.54) is 28.7 Å². The molecule has 2 rings (SSSR count). The predicted octanol–water partition coefficient (Wildman–Crippen LogP) is 4.14. The fraction of sp³-hybridized carbons (Fsp3) is 0.500. The van der Waals surface area contributed by atoms with Crippen LogP contribution < -0.4 is 10.6 Å². The molecule has 2 aromatic rings. The van der Waals surface area contributed by atoms with Crippen LogP contribution in [0.1, 0.15) is 44.9 Å². The Hall–Kier alpha value is -1.60. The minimum atomic E-state index is 0.0171. The zero-order valence-corrected chi connectivity index (χ0v) is 16.8. The van der Waals surface area contributed by atoms with Crippen LogP contribution >= 0.6 is 23.1 Å². The molecule has 136 valence electrons. The van der Waals surface area contributed by atoms with Gasteiger partial charge in [0.1, 0.15) is 0 Å². The third-order valence-corrected chi connectivity index (χ3v) is 5.81. The van der Waals surface area contributed by atoms with Gasteiger partial charge in [-0.2, -0.15) is 0 Å². The van der Waals surface area contributed by atoms with Crippen LogP contribution in [0.3, 0.4) is 0 Å². The highest BCUT2D eigenvalue weighted by atomic mass is 32.2. The lowest BCUT2D eigenvalue weighted by molar-refractivity contribution is -0.119. The number of aromatic nitrogens is 2. The lowest BCUT2D eigenvalue weighted by Gasteiger charge is -2.23. The van der Waals surface area contributed by atoms with Crippen LogP contribution in [-0.2, 0) is 11.2 Å². The summed E-state index contributed by atoms with van der Waals surface area (Å²) in [4.78, 5) is 12.4. The fourth-order valence-electron chi connectivity index (χ4n) is 2.43. The first-order chi connectivity index (χ1) is 12.0. The van der Waals surface area contributed by atoms with E-state index in [0.717, 1.165) is 28.0 Å². The summed E-state index contributed by atoms with van der Waals surface area (Å²) in [5, 5.41) is 15.2. The van der Waals surface area contributed by atoms with Gasteiger partial charge in [-0.05, 0) is 30.4 Å². The van der Waals surface area contributed by atoms with Crippen molar-refractivity contribution in [3.8, 4) is 0 Å². The first kappa shape index (κ1) is 19.7. The molecule has 5 nitrogen and oxygen atoms in total. The van der Waals surface area contributed by atoms with Crippen molar-refractivity contribution in [2.24, 2.45) is 5.92 Å². The molecule has 0 bridgehead atoms. The van der Waals surface area contributed by atoms with Crippen molar-refractivity contribution in [2.75, 3.05) is 17.6 Å². The van der Waals surface area contributed by atoms with E-state index in [1.807, 2.05) is 6.92 Å². The van der Waals surface area contributed by atoms with Gasteiger partial charge in [0.2, 0.25) is 11.0 Å². The average molecular weight is 379 g/mol. The van der Waals surface area contributed by atoms with E-state index >= 15 is 0 Å². The second-order valence-corrected chi connectivity index (χ2v) is 8.28. The van der Waals surface area contributed by atoms with Crippen LogP contribution in [0.2, 0.25) is 0 Å². The Morgan fingerprint density at radius 1 is 1.20 bits per heavy atom. The van der Waals surface area contributed by atoms with E-state index in [2.05, 4.69) is 65.9 Å². The fourth-order valence-corrected chi connectivity index (χ4v) is 4.06. The number of rotatable bonds is 9. The molecule has 1 atom stereocenters. The Morgan fingerprint density at radius 2 is 1.92 bits per heavy atom. The standard InChI is InChI=1S/C18H26N4OS2/c1-5-13-7-9-14(10-8-13)16(12(3)4)20-15(23)11-24-18-22-21-17(25-18)19-6-2/h7-10,12,16H,5-6,11H2,1-4H3,(H,19,21)(H,20,23)/t16-/m1/s1. The summed E-state index contributed by atoms with van der Waals surface area (Å²) in [6.07, 6.45) is 1.02. The highest BCUT2D eigenvalue weighted by Crippen LogP contribution is 2.26. The number of anilines is 1. The third-order valence-electron chi connectivity index (χ3n) is 3.79. The Labute approximate surface area is 158 Å². The van der Waals surface area contributed by atoms with Crippen molar-refractivity contribution in [2.45, 2.75) is 44.5 Å². The largest absolute Gasteiger partial charge is 0.360 e. The molecule has 0 radical (unpaired) electrons. The molecule has 0 saturated heterocycles. The molecule has 25 heavy (non-hydrogen) atoms. The molecule has 1 aromatic carbocycles. The molecule has 0 aliphatic rings. The molecule has 1 heterocycles. The van der Waals surface area contributed by atoms with Crippen LogP contribution in [0.4, 0.5) is 5.13 Å². The molecule has 0 aliphatic heterocycles. The number of benzene rings is 1. The van der Waals surface area contributed by atoms with E-state index in [1.54, 1.807) is 0 Å². The molecule has 1 aromatic heterocycles. The third kappa shape index (κ3) is 6.01. The van der Waals surface area contributed by atoms with Gasteiger partial charge in [-0.3, -0.25) is 4.79 Å². The number of hydrogen-bond acceptors (Lipinski definition) is 6. The molecular weight excluding hydrogens is 352 g/mol. The van der Waals surface area contributed by atoms with Gasteiger partial charge in [0.15, 0.2) is 4.34 Å². The molecular formula is C18H26N4OS2. The van der Waals surface area contributed by atoms with E-state index < -0.39 is 0 Å². The Balaban J connectivity index is 1.92. The number of carbonyl (C=O) groups is 1. The van der Waals surface area contributed by atoms with Crippen LogP contribution in [0.5, 0.6) is 0 Å². The van der Waals surface area contributed by atoms with E-state index in [-0.39, 0.29) is 11.9 Å². The summed E-state index contributed by atoms with van der Waals surface area (Å²) in [5.41, 5.74) is 2.46. The second kappa shape index (κ2) is 9.77. The normalized spacial score (nSPS) is 12.2. The number of carbonyl (C=O) groups excluding carboxylic acids is 1. The summed E-state index contributed by atoms with van der Waals surface area (Å²) < 4.78 is 0.805. The minimum Gasteiger partial charge on any atom is -0.360 e. The Kier molecular flexibility index (Phi) is 7.71. The number of hydrogen-bond donors (Lipinski definition) is 2. The van der Waals surface area contributed by atoms with Gasteiger partial charge in [-0.25, -0.2) is 0 Å². The minimum absolute atomic E-state index is 0.0171. The van der Waals surface area contributed by atoms with Crippen molar-refractivity contribution >= 4 is 34.1 Å². The van der Waals surface area contributed by atoms with Crippen molar-refractivity contribution < 1.29 is 4.79 Å². The summed E-state index contributed by atoms with van der Waals surface area (Å²) in [6.45, 7) is 9.22. The van der Waals surface area contributed by atoms with E-state index in [0.29, 0.717) is 11.7 Å². The molecule has 7 heteroatoms. The molecule has 0 unspecified atom stereocenters. The van der Waals surface area contributed by atoms with Gasteiger partial charge < -0.3 is 10.6 Å². The number of aryl methyl sites for hydroxylation is 1. The molecule has 0 spiro atoms. The van der Waals surface area contributed by atoms with Crippen molar-refractivity contribution in [1.82, 2.24) is 15.5 Å². The highest BCUT2D eigenvalue weighted by molar-refractivity contribution is 8.01. The van der Waals surface area contributed by atoms with Crippen LogP contribution in [0, 0.1) is 5.92 Å². The quantitative estimate of drug-likeness (QED) is 0.642. The molecule has 2 N–H and O–H groups in total. The lowest BCUT2D eigenvalue weighted by Crippen LogP contribution is -2.33. The smallest absolute Gasteiger partial charge is 0.230 e. The molecule has 0 aliphatic carbocycles. The maximum absolute atomic E-state index is 12.4. The predicted molar refractivity (Wildman–Crippen MR) is 106 cm³/mol. The van der Waals surface area contributed by atoms with Crippen molar-refractivity contribution in [3.05, 3.63) is 35.4 Å². The van der Waals surface area contributed by atoms with Crippen LogP contribution in [0.25, 0.3) is 0 Å². The zero-order chi connectivity index (χ0) is 18.2. The first-order valence-corrected chi connectivity index (χ1v) is 10.4. The van der Waals surface area contributed by atoms with Crippen LogP contribution in [-0.4, -0.2) is 28.4 Å². The summed E-state index contributed by atoms with van der Waals surface area (Å²) in [7, 11) is 0. The number of thioether (sulfide) groups is 1. The number of amides is 1. The van der Waals surface area contributed by atoms with Gasteiger partial charge >= 0.3 is 0 Å². The maximum Gasteiger partial charge on any atom is 0.230 e. The van der Waals surface area contributed by atoms with Gasteiger partial charge in [0.25, 0.3) is 0 Å². The van der Waals surface area contributed by atoms with E-state index in [4.69, 9.17) is 0 Å². The average Bonchev–Trinajstić information content (AvgIpc) is 3.06. The number of nitrogens with zero attached hydrogens (tertiary/aromatic N) is 2. The van der Waals surface area contributed by atoms with Crippen molar-refractivity contribution in [3.63, 3.8) is 0 Å². The van der Waals surface area contributed by atoms with Gasteiger partial charge in [0, 0.05) is 6.54 Å². The number of nitrogens with one attached hydrogen (secondary N) is 2. The maximum atomic E-state index is 12.4. The monoisotopic (exact) mass is 378 g/mol. The highest BCUT2D eigenvalue weighted by Gasteiger charge is 2.18. The lowest BCUT2D eigenvalue weighted by atomic mass is 9.95. The Morgan fingerprint density at radius 3 is 2.52 bits per heavy atom. The van der Waals surface area contributed by atoms with Gasteiger partial charge in [0.05, 0.1) is 11.8 Å². The first-order valence-electron chi connectivity index (χ1n) is 8.61. The molecule has 0 fully saturated rings. The zero-order valence-electron chi connectivity index (χ0n) is 15.2. The topological polar surface area (TPSA) is 66.9 Å². The summed E-state index contributed by atoms with van der Waals surface area (Å²) in [6, 6.07) is 8.52. The summed E-state index contributed by atoms with van der Waals surface area (Å²) in [5.74, 6) is 0.684. The second-order valence-electron chi connectivity index (χ2n) is 6.08. The van der Waals surface area contributed by atoms with Gasteiger partial charge in [-0.15, -0.1) is 10.2 Å². The van der Waals surface area contributed by atoms with Gasteiger partial charge in [-0.1, -0.05) is 68.1 Å². The van der Waals surface area contributed by atoms with E-state index in [9.17, 15) is 4.79 Å². The van der Waals surface area contributed by atoms with Crippen LogP contribution in [0.15, 0.2) is 28.6 Å². The Bertz CT molecular complexity index is 670. The van der Waals surface area contributed by atoms with Crippen molar-refractivity contribution in [1.29, 1.82) is 0 Å². The SMILES string of the molecule is CCNc1nnc(SCC(=O)N[C@@H](c2ccc(CC)cc2)C(C)C)s1.